The summed E-state index contributed by atoms with van der Waals surface area (Å²) in [5.41, 5.74) is 6.73. The predicted molar refractivity (Wildman–Crippen MR) is 81.3 cm³/mol. The first kappa shape index (κ1) is 15.6. The van der Waals surface area contributed by atoms with Gasteiger partial charge in [0.25, 0.3) is 5.91 Å². The molecular weight excluding hydrogens is 292 g/mol. The van der Waals surface area contributed by atoms with E-state index in [0.29, 0.717) is 29.6 Å². The van der Waals surface area contributed by atoms with Crippen molar-refractivity contribution in [3.05, 3.63) is 29.7 Å². The molecule has 0 bridgehead atoms. The normalized spacial score (nSPS) is 15.3. The van der Waals surface area contributed by atoms with E-state index in [2.05, 4.69) is 15.5 Å². The van der Waals surface area contributed by atoms with Crippen molar-refractivity contribution >= 4 is 18.3 Å². The summed E-state index contributed by atoms with van der Waals surface area (Å²) in [6, 6.07) is 5.45. The fourth-order valence-electron chi connectivity index (χ4n) is 2.25. The molecule has 0 saturated heterocycles. The third-order valence-corrected chi connectivity index (χ3v) is 3.58. The van der Waals surface area contributed by atoms with E-state index < -0.39 is 0 Å². The van der Waals surface area contributed by atoms with Crippen LogP contribution in [0.25, 0.3) is 11.5 Å². The van der Waals surface area contributed by atoms with Gasteiger partial charge >= 0.3 is 0 Å². The van der Waals surface area contributed by atoms with Crippen LogP contribution in [0.2, 0.25) is 0 Å². The molecule has 0 spiro atoms. The number of H-pyrrole nitrogens is 1. The number of aromatic amines is 1. The van der Waals surface area contributed by atoms with Gasteiger partial charge in [-0.2, -0.15) is 5.10 Å². The highest BCUT2D eigenvalue weighted by molar-refractivity contribution is 5.93. The first-order chi connectivity index (χ1) is 9.67. The van der Waals surface area contributed by atoms with Gasteiger partial charge < -0.3 is 15.5 Å². The zero-order chi connectivity index (χ0) is 14.1. The lowest BCUT2D eigenvalue weighted by Crippen LogP contribution is -2.41. The molecule has 114 valence electrons. The summed E-state index contributed by atoms with van der Waals surface area (Å²) in [5.74, 6) is 1.82. The molecule has 1 fully saturated rings. The van der Waals surface area contributed by atoms with Gasteiger partial charge in [0.2, 0.25) is 0 Å². The van der Waals surface area contributed by atoms with Crippen molar-refractivity contribution in [1.82, 2.24) is 15.5 Å². The first-order valence-electron chi connectivity index (χ1n) is 6.80. The molecule has 2 aromatic rings. The smallest absolute Gasteiger partial charge is 0.272 e. The van der Waals surface area contributed by atoms with Gasteiger partial charge in [-0.25, -0.2) is 0 Å². The highest BCUT2D eigenvalue weighted by Gasteiger charge is 2.31. The Bertz CT molecular complexity index is 618. The Morgan fingerprint density at radius 2 is 2.33 bits per heavy atom. The van der Waals surface area contributed by atoms with E-state index in [9.17, 15) is 4.79 Å². The Morgan fingerprint density at radius 3 is 2.90 bits per heavy atom. The number of nitrogens with zero attached hydrogens (tertiary/aromatic N) is 1. The minimum absolute atomic E-state index is 0. The van der Waals surface area contributed by atoms with Gasteiger partial charge in [0.05, 0.1) is 0 Å². The van der Waals surface area contributed by atoms with Gasteiger partial charge in [-0.3, -0.25) is 9.89 Å². The maximum absolute atomic E-state index is 12.1. The highest BCUT2D eigenvalue weighted by Crippen LogP contribution is 2.32. The summed E-state index contributed by atoms with van der Waals surface area (Å²) in [7, 11) is 0. The molecule has 1 aliphatic carbocycles. The van der Waals surface area contributed by atoms with Crippen LogP contribution in [-0.4, -0.2) is 28.7 Å². The van der Waals surface area contributed by atoms with Gasteiger partial charge in [0.15, 0.2) is 11.5 Å². The summed E-state index contributed by atoms with van der Waals surface area (Å²) in [4.78, 5) is 12.1. The zero-order valence-corrected chi connectivity index (χ0v) is 12.6. The van der Waals surface area contributed by atoms with Crippen molar-refractivity contribution in [3.63, 3.8) is 0 Å². The Morgan fingerprint density at radius 1 is 1.57 bits per heavy atom. The van der Waals surface area contributed by atoms with Crippen molar-refractivity contribution in [3.8, 4) is 11.5 Å². The molecule has 1 saturated carbocycles. The number of aromatic nitrogens is 2. The fraction of sp³-hybridized carbons (Fsp3) is 0.429. The summed E-state index contributed by atoms with van der Waals surface area (Å²) in [5, 5.41) is 9.79. The maximum atomic E-state index is 12.1. The number of nitrogens with two attached hydrogens (primary N) is 1. The average Bonchev–Trinajstić information content (AvgIpc) is 2.99. The van der Waals surface area contributed by atoms with Gasteiger partial charge in [-0.1, -0.05) is 0 Å². The lowest BCUT2D eigenvalue weighted by Gasteiger charge is -2.14. The number of rotatable bonds is 5. The van der Waals surface area contributed by atoms with Crippen molar-refractivity contribution < 1.29 is 9.21 Å². The quantitative estimate of drug-likeness (QED) is 0.785. The zero-order valence-electron chi connectivity index (χ0n) is 11.8. The van der Waals surface area contributed by atoms with Crippen LogP contribution in [-0.2, 0) is 0 Å². The molecule has 1 unspecified atom stereocenters. The maximum Gasteiger partial charge on any atom is 0.272 e. The summed E-state index contributed by atoms with van der Waals surface area (Å²) in [6.45, 7) is 2.33. The second kappa shape index (κ2) is 6.32. The molecule has 2 heterocycles. The van der Waals surface area contributed by atoms with E-state index in [4.69, 9.17) is 10.2 Å². The number of aryl methyl sites for hydroxylation is 1. The number of carbonyl (C=O) groups excluding carboxylic acids is 1. The van der Waals surface area contributed by atoms with Crippen LogP contribution < -0.4 is 11.1 Å². The molecule has 2 aromatic heterocycles. The molecule has 0 radical (unpaired) electrons. The van der Waals surface area contributed by atoms with Crippen LogP contribution in [0.5, 0.6) is 0 Å². The number of amides is 1. The first-order valence-corrected chi connectivity index (χ1v) is 6.80. The van der Waals surface area contributed by atoms with Crippen LogP contribution >= 0.6 is 12.4 Å². The van der Waals surface area contributed by atoms with Gasteiger partial charge in [0.1, 0.15) is 11.5 Å². The van der Waals surface area contributed by atoms with Gasteiger partial charge in [-0.15, -0.1) is 12.4 Å². The SMILES string of the molecule is Cc1ccc(-c2cc(C(=O)NC(CN)C3CC3)n[nH]2)o1.Cl. The monoisotopic (exact) mass is 310 g/mol. The van der Waals surface area contributed by atoms with E-state index in [1.807, 2.05) is 19.1 Å². The Kier molecular flexibility index (Phi) is 4.69. The van der Waals surface area contributed by atoms with E-state index in [0.717, 1.165) is 18.6 Å². The molecule has 0 aromatic carbocycles. The van der Waals surface area contributed by atoms with Gasteiger partial charge in [0, 0.05) is 18.7 Å². The number of carbonyl (C=O) groups is 1. The van der Waals surface area contributed by atoms with E-state index in [1.54, 1.807) is 6.07 Å². The molecule has 7 heteroatoms. The molecule has 3 rings (SSSR count). The Labute approximate surface area is 128 Å². The predicted octanol–water partition coefficient (Wildman–Crippen LogP) is 1.87. The van der Waals surface area contributed by atoms with Crippen molar-refractivity contribution in [2.45, 2.75) is 25.8 Å². The summed E-state index contributed by atoms with van der Waals surface area (Å²) < 4.78 is 5.49. The topological polar surface area (TPSA) is 96.9 Å². The molecular formula is C14H19ClN4O2. The lowest BCUT2D eigenvalue weighted by atomic mass is 10.2. The number of furan rings is 1. The van der Waals surface area contributed by atoms with Crippen LogP contribution in [0.3, 0.4) is 0 Å². The Balaban J connectivity index is 0.00000161. The second-order valence-corrected chi connectivity index (χ2v) is 5.23. The number of hydrogen-bond acceptors (Lipinski definition) is 4. The van der Waals surface area contributed by atoms with Crippen LogP contribution in [0, 0.1) is 12.8 Å². The van der Waals surface area contributed by atoms with Crippen LogP contribution in [0.4, 0.5) is 0 Å². The average molecular weight is 311 g/mol. The third-order valence-electron chi connectivity index (χ3n) is 3.58. The molecule has 1 aliphatic rings. The van der Waals surface area contributed by atoms with E-state index in [-0.39, 0.29) is 24.4 Å². The van der Waals surface area contributed by atoms with Gasteiger partial charge in [-0.05, 0) is 37.8 Å². The van der Waals surface area contributed by atoms with Crippen LogP contribution in [0.15, 0.2) is 22.6 Å². The minimum Gasteiger partial charge on any atom is -0.460 e. The third kappa shape index (κ3) is 3.46. The largest absolute Gasteiger partial charge is 0.460 e. The van der Waals surface area contributed by atoms with Crippen molar-refractivity contribution in [2.24, 2.45) is 11.7 Å². The molecule has 4 N–H and O–H groups in total. The molecule has 1 atom stereocenters. The molecule has 1 amide bonds. The number of hydrogen-bond donors (Lipinski definition) is 3. The van der Waals surface area contributed by atoms with Crippen molar-refractivity contribution in [2.75, 3.05) is 6.54 Å². The van der Waals surface area contributed by atoms with Crippen LogP contribution in [0.1, 0.15) is 29.1 Å². The summed E-state index contributed by atoms with van der Waals surface area (Å²) >= 11 is 0. The number of nitrogens with one attached hydrogen (secondary N) is 2. The summed E-state index contributed by atoms with van der Waals surface area (Å²) in [6.07, 6.45) is 2.28. The second-order valence-electron chi connectivity index (χ2n) is 5.23. The minimum atomic E-state index is -0.196. The number of halogens is 1. The highest BCUT2D eigenvalue weighted by atomic mass is 35.5. The molecule has 6 nitrogen and oxygen atoms in total. The standard InChI is InChI=1S/C14H18N4O2.ClH/c1-8-2-5-13(20-8)10-6-11(18-17-10)14(19)16-12(7-15)9-3-4-9;/h2,5-6,9,12H,3-4,7,15H2,1H3,(H,16,19)(H,17,18);1H. The Hall–Kier alpha value is -1.79. The van der Waals surface area contributed by atoms with Crippen molar-refractivity contribution in [1.29, 1.82) is 0 Å². The molecule has 0 aliphatic heterocycles. The fourth-order valence-corrected chi connectivity index (χ4v) is 2.25. The molecule has 21 heavy (non-hydrogen) atoms. The van der Waals surface area contributed by atoms with E-state index >= 15 is 0 Å². The lowest BCUT2D eigenvalue weighted by molar-refractivity contribution is 0.0928. The van der Waals surface area contributed by atoms with E-state index in [1.165, 1.54) is 0 Å².